The Morgan fingerprint density at radius 2 is 1.94 bits per heavy atom. The van der Waals surface area contributed by atoms with Gasteiger partial charge < -0.3 is 5.73 Å². The number of rotatable bonds is 2. The predicted molar refractivity (Wildman–Crippen MR) is 63.7 cm³/mol. The lowest BCUT2D eigenvalue weighted by Gasteiger charge is -2.01. The Morgan fingerprint density at radius 1 is 1.25 bits per heavy atom. The van der Waals surface area contributed by atoms with Crippen molar-refractivity contribution in [2.75, 3.05) is 0 Å². The molecule has 2 aromatic rings. The van der Waals surface area contributed by atoms with E-state index in [4.69, 9.17) is 5.73 Å². The van der Waals surface area contributed by atoms with E-state index in [2.05, 4.69) is 23.3 Å². The van der Waals surface area contributed by atoms with Gasteiger partial charge in [0.25, 0.3) is 0 Å². The molecule has 0 radical (unpaired) electrons. The number of nitrogens with zero attached hydrogens (tertiary/aromatic N) is 2. The van der Waals surface area contributed by atoms with E-state index >= 15 is 0 Å². The largest absolute Gasteiger partial charge is 0.320 e. The number of aromatic nitrogens is 2. The van der Waals surface area contributed by atoms with Gasteiger partial charge in [0.2, 0.25) is 0 Å². The van der Waals surface area contributed by atoms with E-state index in [1.165, 1.54) is 5.56 Å². The minimum atomic E-state index is -0.148. The molecule has 0 aliphatic heterocycles. The van der Waals surface area contributed by atoms with E-state index in [0.717, 1.165) is 24.2 Å². The summed E-state index contributed by atoms with van der Waals surface area (Å²) in [6.07, 6.45) is 2.11. The van der Waals surface area contributed by atoms with Gasteiger partial charge in [-0.3, -0.25) is 4.68 Å². The van der Waals surface area contributed by atoms with Crippen LogP contribution in [0.5, 0.6) is 0 Å². The van der Waals surface area contributed by atoms with Gasteiger partial charge in [0.05, 0.1) is 16.9 Å². The molecule has 0 unspecified atom stereocenters. The van der Waals surface area contributed by atoms with Gasteiger partial charge in [-0.05, 0) is 24.5 Å². The topological polar surface area (TPSA) is 43.8 Å². The van der Waals surface area contributed by atoms with Crippen LogP contribution in [-0.2, 0) is 12.6 Å². The molecule has 2 N–H and O–H groups in total. The van der Waals surface area contributed by atoms with E-state index in [1.807, 2.05) is 29.9 Å². The average Bonchev–Trinajstić information content (AvgIpc) is 2.92. The summed E-state index contributed by atoms with van der Waals surface area (Å²) in [4.78, 5) is 0. The van der Waals surface area contributed by atoms with Gasteiger partial charge in [-0.25, -0.2) is 0 Å². The van der Waals surface area contributed by atoms with Crippen molar-refractivity contribution in [1.29, 1.82) is 0 Å². The minimum absolute atomic E-state index is 0.148. The second kappa shape index (κ2) is 3.19. The van der Waals surface area contributed by atoms with Crippen molar-refractivity contribution in [3.63, 3.8) is 0 Å². The maximum Gasteiger partial charge on any atom is 0.0829 e. The highest BCUT2D eigenvalue weighted by molar-refractivity contribution is 5.60. The molecule has 1 saturated carbocycles. The van der Waals surface area contributed by atoms with Gasteiger partial charge >= 0.3 is 0 Å². The monoisotopic (exact) mass is 213 g/mol. The lowest BCUT2D eigenvalue weighted by molar-refractivity contribution is 0.661. The summed E-state index contributed by atoms with van der Waals surface area (Å²) >= 11 is 0. The number of benzene rings is 1. The Labute approximate surface area is 94.9 Å². The van der Waals surface area contributed by atoms with Gasteiger partial charge in [0.15, 0.2) is 0 Å². The molecule has 1 aliphatic rings. The zero-order valence-electron chi connectivity index (χ0n) is 9.35. The van der Waals surface area contributed by atoms with Crippen LogP contribution in [0, 0.1) is 0 Å². The van der Waals surface area contributed by atoms with Crippen LogP contribution in [0.15, 0.2) is 36.4 Å². The van der Waals surface area contributed by atoms with Crippen LogP contribution >= 0.6 is 0 Å². The van der Waals surface area contributed by atoms with Crippen LogP contribution in [0.3, 0.4) is 0 Å². The molecule has 3 heteroatoms. The van der Waals surface area contributed by atoms with Crippen LogP contribution < -0.4 is 5.73 Å². The van der Waals surface area contributed by atoms with Gasteiger partial charge in [-0.2, -0.15) is 5.10 Å². The summed E-state index contributed by atoms with van der Waals surface area (Å²) in [6, 6.07) is 12.4. The molecule has 1 heterocycles. The zero-order chi connectivity index (χ0) is 11.2. The van der Waals surface area contributed by atoms with E-state index in [0.29, 0.717) is 0 Å². The van der Waals surface area contributed by atoms with Crippen LogP contribution in [0.4, 0.5) is 0 Å². The Hall–Kier alpha value is -1.61. The van der Waals surface area contributed by atoms with Crippen molar-refractivity contribution in [2.45, 2.75) is 18.4 Å². The smallest absolute Gasteiger partial charge is 0.0829 e. The highest BCUT2D eigenvalue weighted by Gasteiger charge is 2.42. The Balaban J connectivity index is 2.06. The number of hydrogen-bond donors (Lipinski definition) is 1. The van der Waals surface area contributed by atoms with Gasteiger partial charge in [0, 0.05) is 7.05 Å². The second-order valence-electron chi connectivity index (χ2n) is 4.56. The number of hydrogen-bond acceptors (Lipinski definition) is 2. The summed E-state index contributed by atoms with van der Waals surface area (Å²) in [5, 5.41) is 4.51. The third-order valence-electron chi connectivity index (χ3n) is 3.25. The van der Waals surface area contributed by atoms with E-state index < -0.39 is 0 Å². The van der Waals surface area contributed by atoms with Crippen molar-refractivity contribution in [2.24, 2.45) is 12.8 Å². The minimum Gasteiger partial charge on any atom is -0.320 e. The SMILES string of the molecule is Cn1nc(C2(N)CC2)cc1-c1ccccc1. The molecule has 0 spiro atoms. The fourth-order valence-electron chi connectivity index (χ4n) is 1.98. The lowest BCUT2D eigenvalue weighted by atomic mass is 10.1. The Kier molecular flexibility index (Phi) is 1.91. The highest BCUT2D eigenvalue weighted by Crippen LogP contribution is 2.42. The van der Waals surface area contributed by atoms with Crippen molar-refractivity contribution < 1.29 is 0 Å². The van der Waals surface area contributed by atoms with Crippen LogP contribution in [-0.4, -0.2) is 9.78 Å². The molecule has 0 amide bonds. The van der Waals surface area contributed by atoms with Crippen molar-refractivity contribution in [1.82, 2.24) is 9.78 Å². The average molecular weight is 213 g/mol. The summed E-state index contributed by atoms with van der Waals surface area (Å²) in [5.41, 5.74) is 9.35. The maximum absolute atomic E-state index is 6.15. The molecule has 16 heavy (non-hydrogen) atoms. The molecular formula is C13H15N3. The molecule has 0 atom stereocenters. The Morgan fingerprint density at radius 3 is 2.56 bits per heavy atom. The summed E-state index contributed by atoms with van der Waals surface area (Å²) < 4.78 is 1.91. The molecule has 3 nitrogen and oxygen atoms in total. The fourth-order valence-corrected chi connectivity index (χ4v) is 1.98. The number of nitrogens with two attached hydrogens (primary N) is 1. The predicted octanol–water partition coefficient (Wildman–Crippen LogP) is 2.03. The molecule has 82 valence electrons. The van der Waals surface area contributed by atoms with Crippen LogP contribution in [0.25, 0.3) is 11.3 Å². The lowest BCUT2D eigenvalue weighted by Crippen LogP contribution is -2.19. The fraction of sp³-hybridized carbons (Fsp3) is 0.308. The summed E-state index contributed by atoms with van der Waals surface area (Å²) in [5.74, 6) is 0. The first-order valence-corrected chi connectivity index (χ1v) is 5.58. The molecule has 1 aromatic heterocycles. The van der Waals surface area contributed by atoms with Crippen LogP contribution in [0.1, 0.15) is 18.5 Å². The number of aryl methyl sites for hydroxylation is 1. The zero-order valence-corrected chi connectivity index (χ0v) is 9.35. The summed E-state index contributed by atoms with van der Waals surface area (Å²) in [6.45, 7) is 0. The highest BCUT2D eigenvalue weighted by atomic mass is 15.3. The Bertz CT molecular complexity index is 509. The van der Waals surface area contributed by atoms with Crippen molar-refractivity contribution in [3.05, 3.63) is 42.1 Å². The first kappa shape index (κ1) is 9.60. The van der Waals surface area contributed by atoms with Gasteiger partial charge in [0.1, 0.15) is 0 Å². The molecular weight excluding hydrogens is 198 g/mol. The molecule has 1 fully saturated rings. The second-order valence-corrected chi connectivity index (χ2v) is 4.56. The third kappa shape index (κ3) is 1.44. The maximum atomic E-state index is 6.15. The van der Waals surface area contributed by atoms with E-state index in [-0.39, 0.29) is 5.54 Å². The molecule has 3 rings (SSSR count). The quantitative estimate of drug-likeness (QED) is 0.829. The van der Waals surface area contributed by atoms with E-state index in [1.54, 1.807) is 0 Å². The summed E-state index contributed by atoms with van der Waals surface area (Å²) in [7, 11) is 1.97. The molecule has 1 aliphatic carbocycles. The molecule has 1 aromatic carbocycles. The van der Waals surface area contributed by atoms with E-state index in [9.17, 15) is 0 Å². The van der Waals surface area contributed by atoms with Crippen molar-refractivity contribution >= 4 is 0 Å². The van der Waals surface area contributed by atoms with Gasteiger partial charge in [-0.1, -0.05) is 30.3 Å². The standard InChI is InChI=1S/C13H15N3/c1-16-11(10-5-3-2-4-6-10)9-12(15-16)13(14)7-8-13/h2-6,9H,7-8,14H2,1H3. The third-order valence-corrected chi connectivity index (χ3v) is 3.25. The van der Waals surface area contributed by atoms with Crippen LogP contribution in [0.2, 0.25) is 0 Å². The first-order chi connectivity index (χ1) is 7.69. The van der Waals surface area contributed by atoms with Crippen molar-refractivity contribution in [3.8, 4) is 11.3 Å². The first-order valence-electron chi connectivity index (χ1n) is 5.58. The van der Waals surface area contributed by atoms with Gasteiger partial charge in [-0.15, -0.1) is 0 Å². The molecule has 0 saturated heterocycles. The normalized spacial score (nSPS) is 17.4. The molecule has 0 bridgehead atoms.